The summed E-state index contributed by atoms with van der Waals surface area (Å²) < 4.78 is 4.94. The van der Waals surface area contributed by atoms with E-state index < -0.39 is 12.2 Å². The largest absolute Gasteiger partial charge is 0.436 e. The third-order valence-corrected chi connectivity index (χ3v) is 2.00. The van der Waals surface area contributed by atoms with Crippen LogP contribution in [0.2, 0.25) is 0 Å². The molecule has 0 bridgehead atoms. The van der Waals surface area contributed by atoms with E-state index in [1.807, 2.05) is 20.8 Å². The number of amides is 1. The standard InChI is InChI=1S/C8H13N5O2/c1-8(2,3)13-11-6(10-12-13)5-4-9-7(14)15-5/h5H,4H2,1-3H3,(H,9,14). The highest BCUT2D eigenvalue weighted by molar-refractivity contribution is 5.69. The van der Waals surface area contributed by atoms with Crippen molar-refractivity contribution < 1.29 is 9.53 Å². The number of hydrogen-bond acceptors (Lipinski definition) is 5. The van der Waals surface area contributed by atoms with Gasteiger partial charge in [0.2, 0.25) is 5.82 Å². The number of alkyl carbamates (subject to hydrolysis) is 1. The highest BCUT2D eigenvalue weighted by atomic mass is 16.6. The van der Waals surface area contributed by atoms with E-state index >= 15 is 0 Å². The van der Waals surface area contributed by atoms with Crippen LogP contribution in [0.3, 0.4) is 0 Å². The van der Waals surface area contributed by atoms with Crippen LogP contribution in [-0.2, 0) is 10.3 Å². The first-order chi connectivity index (χ1) is 6.97. The van der Waals surface area contributed by atoms with Crippen LogP contribution in [0.15, 0.2) is 0 Å². The Morgan fingerprint density at radius 1 is 1.53 bits per heavy atom. The predicted molar refractivity (Wildman–Crippen MR) is 50.0 cm³/mol. The number of hydrogen-bond donors (Lipinski definition) is 1. The van der Waals surface area contributed by atoms with E-state index in [4.69, 9.17) is 4.74 Å². The molecule has 1 aliphatic rings. The number of carbonyl (C=O) groups excluding carboxylic acids is 1. The zero-order valence-corrected chi connectivity index (χ0v) is 8.89. The minimum Gasteiger partial charge on any atom is -0.436 e. The van der Waals surface area contributed by atoms with Gasteiger partial charge in [-0.15, -0.1) is 10.2 Å². The van der Waals surface area contributed by atoms with Crippen molar-refractivity contribution in [2.45, 2.75) is 32.4 Å². The maximum atomic E-state index is 10.8. The SMILES string of the molecule is CC(C)(C)n1nnc(C2CNC(=O)O2)n1. The second-order valence-corrected chi connectivity index (χ2v) is 4.38. The van der Waals surface area contributed by atoms with E-state index in [1.54, 1.807) is 0 Å². The number of nitrogens with zero attached hydrogens (tertiary/aromatic N) is 4. The van der Waals surface area contributed by atoms with Crippen molar-refractivity contribution in [3.05, 3.63) is 5.82 Å². The minimum absolute atomic E-state index is 0.221. The van der Waals surface area contributed by atoms with Gasteiger partial charge in [-0.2, -0.15) is 4.80 Å². The topological polar surface area (TPSA) is 81.9 Å². The summed E-state index contributed by atoms with van der Waals surface area (Å²) in [5.74, 6) is 0.434. The van der Waals surface area contributed by atoms with Crippen LogP contribution in [0.1, 0.15) is 32.7 Å². The first kappa shape index (κ1) is 9.88. The summed E-state index contributed by atoms with van der Waals surface area (Å²) in [6.45, 7) is 6.31. The Morgan fingerprint density at radius 3 is 2.73 bits per heavy atom. The van der Waals surface area contributed by atoms with E-state index in [2.05, 4.69) is 20.7 Å². The van der Waals surface area contributed by atoms with Crippen LogP contribution in [0.25, 0.3) is 0 Å². The number of rotatable bonds is 1. The molecule has 1 saturated heterocycles. The Labute approximate surface area is 86.8 Å². The highest BCUT2D eigenvalue weighted by Gasteiger charge is 2.29. The maximum Gasteiger partial charge on any atom is 0.408 e. The molecule has 2 rings (SSSR count). The maximum absolute atomic E-state index is 10.8. The average Bonchev–Trinajstić information content (AvgIpc) is 2.69. The fraction of sp³-hybridized carbons (Fsp3) is 0.750. The quantitative estimate of drug-likeness (QED) is 0.718. The van der Waals surface area contributed by atoms with E-state index in [0.717, 1.165) is 0 Å². The molecule has 0 aromatic carbocycles. The first-order valence-electron chi connectivity index (χ1n) is 4.72. The Morgan fingerprint density at radius 2 is 2.27 bits per heavy atom. The van der Waals surface area contributed by atoms with Crippen LogP contribution in [0.5, 0.6) is 0 Å². The average molecular weight is 211 g/mol. The van der Waals surface area contributed by atoms with Gasteiger partial charge in [-0.3, -0.25) is 0 Å². The molecule has 15 heavy (non-hydrogen) atoms. The Balaban J connectivity index is 2.17. The summed E-state index contributed by atoms with van der Waals surface area (Å²) in [6.07, 6.45) is -0.860. The summed E-state index contributed by atoms with van der Waals surface area (Å²) in [4.78, 5) is 12.3. The number of aromatic nitrogens is 4. The van der Waals surface area contributed by atoms with Gasteiger partial charge in [0, 0.05) is 0 Å². The molecule has 1 fully saturated rings. The summed E-state index contributed by atoms with van der Waals surface area (Å²) in [7, 11) is 0. The molecule has 1 unspecified atom stereocenters. The normalized spacial score (nSPS) is 21.3. The smallest absolute Gasteiger partial charge is 0.408 e. The van der Waals surface area contributed by atoms with Crippen molar-refractivity contribution in [1.29, 1.82) is 0 Å². The number of cyclic esters (lactones) is 1. The molecular formula is C8H13N5O2. The van der Waals surface area contributed by atoms with E-state index in [0.29, 0.717) is 12.4 Å². The molecule has 7 nitrogen and oxygen atoms in total. The fourth-order valence-electron chi connectivity index (χ4n) is 1.17. The number of ether oxygens (including phenoxy) is 1. The minimum atomic E-state index is -0.438. The molecule has 82 valence electrons. The molecule has 0 saturated carbocycles. The Hall–Kier alpha value is -1.66. The molecule has 2 heterocycles. The molecule has 1 amide bonds. The number of nitrogens with one attached hydrogen (secondary N) is 1. The molecule has 1 aliphatic heterocycles. The molecular weight excluding hydrogens is 198 g/mol. The van der Waals surface area contributed by atoms with Crippen molar-refractivity contribution in [2.75, 3.05) is 6.54 Å². The Kier molecular flexibility index (Phi) is 2.09. The third-order valence-electron chi connectivity index (χ3n) is 2.00. The molecule has 1 atom stereocenters. The van der Waals surface area contributed by atoms with Gasteiger partial charge < -0.3 is 10.1 Å². The monoisotopic (exact) mass is 211 g/mol. The van der Waals surface area contributed by atoms with E-state index in [-0.39, 0.29) is 5.54 Å². The van der Waals surface area contributed by atoms with Crippen molar-refractivity contribution in [3.8, 4) is 0 Å². The van der Waals surface area contributed by atoms with Crippen LogP contribution in [0, 0.1) is 0 Å². The van der Waals surface area contributed by atoms with Gasteiger partial charge >= 0.3 is 6.09 Å². The summed E-state index contributed by atoms with van der Waals surface area (Å²) in [5, 5.41) is 14.5. The Bertz CT molecular complexity index is 381. The van der Waals surface area contributed by atoms with Gasteiger partial charge in [0.15, 0.2) is 6.10 Å². The zero-order valence-electron chi connectivity index (χ0n) is 8.89. The van der Waals surface area contributed by atoms with Crippen LogP contribution < -0.4 is 5.32 Å². The van der Waals surface area contributed by atoms with Crippen LogP contribution in [0.4, 0.5) is 4.79 Å². The number of carbonyl (C=O) groups is 1. The number of tetrazole rings is 1. The zero-order chi connectivity index (χ0) is 11.1. The van der Waals surface area contributed by atoms with Gasteiger partial charge in [-0.1, -0.05) is 0 Å². The van der Waals surface area contributed by atoms with Crippen molar-refractivity contribution in [3.63, 3.8) is 0 Å². The van der Waals surface area contributed by atoms with Gasteiger partial charge in [0.25, 0.3) is 0 Å². The molecule has 1 aromatic heterocycles. The van der Waals surface area contributed by atoms with Gasteiger partial charge in [-0.05, 0) is 26.0 Å². The van der Waals surface area contributed by atoms with E-state index in [9.17, 15) is 4.79 Å². The van der Waals surface area contributed by atoms with Crippen molar-refractivity contribution >= 4 is 6.09 Å². The molecule has 1 N–H and O–H groups in total. The van der Waals surface area contributed by atoms with Crippen LogP contribution in [-0.4, -0.2) is 32.8 Å². The summed E-state index contributed by atoms with van der Waals surface area (Å²) >= 11 is 0. The fourth-order valence-corrected chi connectivity index (χ4v) is 1.17. The molecule has 0 radical (unpaired) electrons. The first-order valence-corrected chi connectivity index (χ1v) is 4.72. The van der Waals surface area contributed by atoms with Gasteiger partial charge in [0.05, 0.1) is 12.1 Å². The second kappa shape index (κ2) is 3.18. The van der Waals surface area contributed by atoms with Crippen LogP contribution >= 0.6 is 0 Å². The molecule has 7 heteroatoms. The highest BCUT2D eigenvalue weighted by Crippen LogP contribution is 2.17. The van der Waals surface area contributed by atoms with Crippen molar-refractivity contribution in [2.24, 2.45) is 0 Å². The van der Waals surface area contributed by atoms with Gasteiger partial charge in [0.1, 0.15) is 0 Å². The predicted octanol–water partition coefficient (Wildman–Crippen LogP) is 0.209. The lowest BCUT2D eigenvalue weighted by Gasteiger charge is -2.15. The van der Waals surface area contributed by atoms with Crippen molar-refractivity contribution in [1.82, 2.24) is 25.5 Å². The van der Waals surface area contributed by atoms with Gasteiger partial charge in [-0.25, -0.2) is 4.79 Å². The third kappa shape index (κ3) is 1.90. The summed E-state index contributed by atoms with van der Waals surface area (Å²) in [5.41, 5.74) is -0.221. The summed E-state index contributed by atoms with van der Waals surface area (Å²) in [6, 6.07) is 0. The van der Waals surface area contributed by atoms with E-state index in [1.165, 1.54) is 4.80 Å². The molecule has 1 aromatic rings. The lowest BCUT2D eigenvalue weighted by atomic mass is 10.1. The second-order valence-electron chi connectivity index (χ2n) is 4.38. The lowest BCUT2D eigenvalue weighted by Crippen LogP contribution is -2.25. The molecule has 0 aliphatic carbocycles. The molecule has 0 spiro atoms. The lowest BCUT2D eigenvalue weighted by molar-refractivity contribution is 0.136.